The molecule has 0 aromatic carbocycles. The first kappa shape index (κ1) is 15.5. The van der Waals surface area contributed by atoms with Gasteiger partial charge >= 0.3 is 0 Å². The van der Waals surface area contributed by atoms with Crippen molar-refractivity contribution in [2.45, 2.75) is 65.1 Å². The van der Waals surface area contributed by atoms with Crippen LogP contribution in [0.5, 0.6) is 0 Å². The van der Waals surface area contributed by atoms with Gasteiger partial charge in [-0.2, -0.15) is 0 Å². The summed E-state index contributed by atoms with van der Waals surface area (Å²) in [5.41, 5.74) is 2.96. The molecule has 3 heteroatoms. The van der Waals surface area contributed by atoms with Crippen LogP contribution in [0.15, 0.2) is 18.3 Å². The molecule has 0 spiro atoms. The maximum absolute atomic E-state index is 4.59. The van der Waals surface area contributed by atoms with Gasteiger partial charge in [-0.3, -0.25) is 9.88 Å². The van der Waals surface area contributed by atoms with Crippen LogP contribution in [0.25, 0.3) is 0 Å². The zero-order valence-electron chi connectivity index (χ0n) is 13.7. The van der Waals surface area contributed by atoms with Crippen LogP contribution in [0.3, 0.4) is 0 Å². The summed E-state index contributed by atoms with van der Waals surface area (Å²) in [6.45, 7) is 14.5. The fraction of sp³-hybridized carbons (Fsp3) is 0.706. The number of rotatable bonds is 4. The topological polar surface area (TPSA) is 28.2 Å². The Hall–Kier alpha value is -0.930. The SMILES string of the molecule is CCC1(CC)CNC(C)(C)CN1Cc1ncccc1C. The molecule has 20 heavy (non-hydrogen) atoms. The molecule has 1 saturated heterocycles. The average Bonchev–Trinajstić information content (AvgIpc) is 2.42. The second-order valence-electron chi connectivity index (χ2n) is 6.79. The van der Waals surface area contributed by atoms with Crippen molar-refractivity contribution in [2.24, 2.45) is 0 Å². The summed E-state index contributed by atoms with van der Waals surface area (Å²) >= 11 is 0. The third-order valence-corrected chi connectivity index (χ3v) is 4.93. The smallest absolute Gasteiger partial charge is 0.0573 e. The van der Waals surface area contributed by atoms with Gasteiger partial charge in [-0.25, -0.2) is 0 Å². The predicted molar refractivity (Wildman–Crippen MR) is 84.8 cm³/mol. The Kier molecular flexibility index (Phi) is 4.50. The van der Waals surface area contributed by atoms with Crippen molar-refractivity contribution in [1.82, 2.24) is 15.2 Å². The number of aryl methyl sites for hydroxylation is 1. The Morgan fingerprint density at radius 1 is 1.30 bits per heavy atom. The fourth-order valence-corrected chi connectivity index (χ4v) is 3.25. The summed E-state index contributed by atoms with van der Waals surface area (Å²) in [5, 5.41) is 3.72. The van der Waals surface area contributed by atoms with Crippen LogP contribution in [0.2, 0.25) is 0 Å². The third-order valence-electron chi connectivity index (χ3n) is 4.93. The number of piperazine rings is 1. The number of nitrogens with one attached hydrogen (secondary N) is 1. The highest BCUT2D eigenvalue weighted by Crippen LogP contribution is 2.31. The van der Waals surface area contributed by atoms with Crippen LogP contribution in [0, 0.1) is 6.92 Å². The number of nitrogens with zero attached hydrogens (tertiary/aromatic N) is 2. The second-order valence-corrected chi connectivity index (χ2v) is 6.79. The zero-order chi connectivity index (χ0) is 14.8. The molecule has 2 heterocycles. The molecule has 112 valence electrons. The van der Waals surface area contributed by atoms with Crippen LogP contribution in [-0.4, -0.2) is 34.1 Å². The van der Waals surface area contributed by atoms with Gasteiger partial charge in [-0.1, -0.05) is 19.9 Å². The van der Waals surface area contributed by atoms with Gasteiger partial charge in [0.1, 0.15) is 0 Å². The van der Waals surface area contributed by atoms with Crippen LogP contribution in [0.4, 0.5) is 0 Å². The summed E-state index contributed by atoms with van der Waals surface area (Å²) < 4.78 is 0. The van der Waals surface area contributed by atoms with Gasteiger partial charge in [-0.15, -0.1) is 0 Å². The minimum absolute atomic E-state index is 0.177. The van der Waals surface area contributed by atoms with Crippen molar-refractivity contribution in [2.75, 3.05) is 13.1 Å². The molecule has 0 atom stereocenters. The molecule has 0 amide bonds. The third kappa shape index (κ3) is 3.04. The average molecular weight is 275 g/mol. The number of hydrogen-bond donors (Lipinski definition) is 1. The molecule has 3 nitrogen and oxygen atoms in total. The predicted octanol–water partition coefficient (Wildman–Crippen LogP) is 3.13. The molecule has 1 fully saturated rings. The van der Waals surface area contributed by atoms with Crippen LogP contribution in [0.1, 0.15) is 51.8 Å². The molecule has 0 saturated carbocycles. The lowest BCUT2D eigenvalue weighted by Crippen LogP contribution is -2.67. The maximum atomic E-state index is 4.59. The van der Waals surface area contributed by atoms with Crippen LogP contribution in [-0.2, 0) is 6.54 Å². The van der Waals surface area contributed by atoms with Gasteiger partial charge in [0.05, 0.1) is 5.69 Å². The molecule has 1 aromatic rings. The quantitative estimate of drug-likeness (QED) is 0.915. The van der Waals surface area contributed by atoms with Crippen molar-refractivity contribution in [3.63, 3.8) is 0 Å². The lowest BCUT2D eigenvalue weighted by atomic mass is 9.84. The molecule has 1 aliphatic rings. The molecular weight excluding hydrogens is 246 g/mol. The fourth-order valence-electron chi connectivity index (χ4n) is 3.25. The van der Waals surface area contributed by atoms with Gasteiger partial charge in [-0.05, 0) is 45.2 Å². The standard InChI is InChI=1S/C17H29N3/c1-6-17(7-2)12-19-16(4,5)13-20(17)11-15-14(3)9-8-10-18-15/h8-10,19H,6-7,11-13H2,1-5H3. The van der Waals surface area contributed by atoms with E-state index in [2.05, 4.69) is 55.9 Å². The lowest BCUT2D eigenvalue weighted by molar-refractivity contribution is 0.00133. The molecule has 1 aromatic heterocycles. The van der Waals surface area contributed by atoms with Gasteiger partial charge in [0.15, 0.2) is 0 Å². The highest BCUT2D eigenvalue weighted by molar-refractivity contribution is 5.18. The van der Waals surface area contributed by atoms with Gasteiger partial charge in [0.2, 0.25) is 0 Å². The largest absolute Gasteiger partial charge is 0.309 e. The van der Waals surface area contributed by atoms with Gasteiger partial charge in [0.25, 0.3) is 0 Å². The Morgan fingerprint density at radius 2 is 2.00 bits per heavy atom. The van der Waals surface area contributed by atoms with Gasteiger partial charge < -0.3 is 5.32 Å². The lowest BCUT2D eigenvalue weighted by Gasteiger charge is -2.52. The first-order valence-electron chi connectivity index (χ1n) is 7.83. The Morgan fingerprint density at radius 3 is 2.60 bits per heavy atom. The van der Waals surface area contributed by atoms with Crippen LogP contribution < -0.4 is 5.32 Å². The van der Waals surface area contributed by atoms with E-state index in [4.69, 9.17) is 0 Å². The molecule has 1 N–H and O–H groups in total. The van der Waals surface area contributed by atoms with E-state index < -0.39 is 0 Å². The summed E-state index contributed by atoms with van der Waals surface area (Å²) in [4.78, 5) is 7.24. The van der Waals surface area contributed by atoms with Crippen molar-refractivity contribution in [3.05, 3.63) is 29.6 Å². The molecule has 2 rings (SSSR count). The highest BCUT2D eigenvalue weighted by Gasteiger charge is 2.41. The van der Waals surface area contributed by atoms with E-state index >= 15 is 0 Å². The number of hydrogen-bond acceptors (Lipinski definition) is 3. The molecule has 1 aliphatic heterocycles. The van der Waals surface area contributed by atoms with Crippen LogP contribution >= 0.6 is 0 Å². The second kappa shape index (κ2) is 5.82. The normalized spacial score (nSPS) is 21.9. The van der Waals surface area contributed by atoms with E-state index in [0.717, 1.165) is 19.6 Å². The van der Waals surface area contributed by atoms with Crippen molar-refractivity contribution in [3.8, 4) is 0 Å². The zero-order valence-corrected chi connectivity index (χ0v) is 13.7. The van der Waals surface area contributed by atoms with Crippen molar-refractivity contribution >= 4 is 0 Å². The molecule has 0 bridgehead atoms. The van der Waals surface area contributed by atoms with E-state index in [1.54, 1.807) is 0 Å². The maximum Gasteiger partial charge on any atom is 0.0573 e. The van der Waals surface area contributed by atoms with Gasteiger partial charge in [0, 0.05) is 36.9 Å². The number of aromatic nitrogens is 1. The van der Waals surface area contributed by atoms with E-state index in [-0.39, 0.29) is 11.1 Å². The van der Waals surface area contributed by atoms with E-state index in [1.807, 2.05) is 12.3 Å². The van der Waals surface area contributed by atoms with Crippen molar-refractivity contribution < 1.29 is 0 Å². The highest BCUT2D eigenvalue weighted by atomic mass is 15.3. The Labute approximate surface area is 123 Å². The van der Waals surface area contributed by atoms with E-state index in [0.29, 0.717) is 0 Å². The monoisotopic (exact) mass is 275 g/mol. The summed E-state index contributed by atoms with van der Waals surface area (Å²) in [5.74, 6) is 0. The summed E-state index contributed by atoms with van der Waals surface area (Å²) in [6.07, 6.45) is 4.27. The molecular formula is C17H29N3. The van der Waals surface area contributed by atoms with Crippen molar-refractivity contribution in [1.29, 1.82) is 0 Å². The minimum Gasteiger partial charge on any atom is -0.309 e. The molecule has 0 unspecified atom stereocenters. The first-order chi connectivity index (χ1) is 9.42. The van der Waals surface area contributed by atoms with E-state index in [1.165, 1.54) is 24.1 Å². The Balaban J connectivity index is 2.26. The number of pyridine rings is 1. The Bertz CT molecular complexity index is 449. The summed E-state index contributed by atoms with van der Waals surface area (Å²) in [6, 6.07) is 4.18. The molecule has 0 radical (unpaired) electrons. The molecule has 0 aliphatic carbocycles. The first-order valence-corrected chi connectivity index (χ1v) is 7.83. The van der Waals surface area contributed by atoms with E-state index in [9.17, 15) is 0 Å². The summed E-state index contributed by atoms with van der Waals surface area (Å²) in [7, 11) is 0. The minimum atomic E-state index is 0.177.